The minimum Gasteiger partial charge on any atom is -0.506 e. The highest BCUT2D eigenvalue weighted by Gasteiger charge is 2.11. The zero-order valence-corrected chi connectivity index (χ0v) is 7.40. The summed E-state index contributed by atoms with van der Waals surface area (Å²) in [6, 6.07) is 0. The summed E-state index contributed by atoms with van der Waals surface area (Å²) >= 11 is 0. The van der Waals surface area contributed by atoms with E-state index >= 15 is 0 Å². The van der Waals surface area contributed by atoms with E-state index in [0.717, 1.165) is 30.6 Å². The Morgan fingerprint density at radius 3 is 3.00 bits per heavy atom. The van der Waals surface area contributed by atoms with Crippen LogP contribution in [0.5, 0.6) is 5.75 Å². The van der Waals surface area contributed by atoms with E-state index in [4.69, 9.17) is 0 Å². The maximum atomic E-state index is 9.35. The van der Waals surface area contributed by atoms with Crippen molar-refractivity contribution in [1.29, 1.82) is 0 Å². The first-order valence-electron chi connectivity index (χ1n) is 3.77. The lowest BCUT2D eigenvalue weighted by molar-refractivity contribution is 0.464. The minimum absolute atomic E-state index is 0. The average molecular weight is 187 g/mol. The second-order valence-corrected chi connectivity index (χ2v) is 2.72. The lowest BCUT2D eigenvalue weighted by Gasteiger charge is -2.17. The SMILES string of the molecule is Cl.Oc1cncc2c1CCCN2. The predicted molar refractivity (Wildman–Crippen MR) is 50.0 cm³/mol. The summed E-state index contributed by atoms with van der Waals surface area (Å²) in [6.45, 7) is 0.984. The Kier molecular flexibility index (Phi) is 2.76. The van der Waals surface area contributed by atoms with Gasteiger partial charge in [0.25, 0.3) is 0 Å². The summed E-state index contributed by atoms with van der Waals surface area (Å²) in [5.41, 5.74) is 1.99. The molecule has 0 fully saturated rings. The number of aromatic nitrogens is 1. The molecule has 2 rings (SSSR count). The fourth-order valence-corrected chi connectivity index (χ4v) is 1.38. The van der Waals surface area contributed by atoms with Crippen LogP contribution in [0.4, 0.5) is 5.69 Å². The molecule has 0 radical (unpaired) electrons. The van der Waals surface area contributed by atoms with Gasteiger partial charge >= 0.3 is 0 Å². The van der Waals surface area contributed by atoms with Gasteiger partial charge in [-0.3, -0.25) is 4.98 Å². The first-order valence-corrected chi connectivity index (χ1v) is 3.77. The van der Waals surface area contributed by atoms with Crippen LogP contribution in [0.2, 0.25) is 0 Å². The topological polar surface area (TPSA) is 45.2 Å². The van der Waals surface area contributed by atoms with Gasteiger partial charge in [-0.25, -0.2) is 0 Å². The molecule has 0 saturated heterocycles. The van der Waals surface area contributed by atoms with E-state index in [1.165, 1.54) is 6.20 Å². The molecule has 1 aliphatic rings. The number of halogens is 1. The number of rotatable bonds is 0. The van der Waals surface area contributed by atoms with Crippen LogP contribution in [0.15, 0.2) is 12.4 Å². The van der Waals surface area contributed by atoms with Crippen molar-refractivity contribution in [2.45, 2.75) is 12.8 Å². The van der Waals surface area contributed by atoms with Crippen LogP contribution < -0.4 is 5.32 Å². The Balaban J connectivity index is 0.000000720. The molecule has 0 saturated carbocycles. The van der Waals surface area contributed by atoms with Crippen LogP contribution in [-0.4, -0.2) is 16.6 Å². The number of nitrogens with one attached hydrogen (secondary N) is 1. The monoisotopic (exact) mass is 186 g/mol. The van der Waals surface area contributed by atoms with E-state index in [2.05, 4.69) is 10.3 Å². The third-order valence-electron chi connectivity index (χ3n) is 1.95. The summed E-state index contributed by atoms with van der Waals surface area (Å²) in [4.78, 5) is 3.89. The summed E-state index contributed by atoms with van der Waals surface area (Å²) in [5.74, 6) is 0.315. The van der Waals surface area contributed by atoms with Crippen molar-refractivity contribution in [2.75, 3.05) is 11.9 Å². The van der Waals surface area contributed by atoms with E-state index in [-0.39, 0.29) is 12.4 Å². The molecule has 1 aromatic rings. The Labute approximate surface area is 77.2 Å². The molecule has 2 heterocycles. The fourth-order valence-electron chi connectivity index (χ4n) is 1.38. The third kappa shape index (κ3) is 1.46. The molecule has 0 aromatic carbocycles. The van der Waals surface area contributed by atoms with Crippen molar-refractivity contribution < 1.29 is 5.11 Å². The molecule has 3 nitrogen and oxygen atoms in total. The van der Waals surface area contributed by atoms with Gasteiger partial charge in [-0.1, -0.05) is 0 Å². The van der Waals surface area contributed by atoms with Crippen molar-refractivity contribution in [1.82, 2.24) is 4.98 Å². The molecule has 4 heteroatoms. The maximum Gasteiger partial charge on any atom is 0.139 e. The van der Waals surface area contributed by atoms with Crippen LogP contribution in [0.25, 0.3) is 0 Å². The smallest absolute Gasteiger partial charge is 0.139 e. The molecule has 0 bridgehead atoms. The standard InChI is InChI=1S/C8H10N2O.ClH/c11-8-5-9-4-7-6(8)2-1-3-10-7;/h4-5,10-11H,1-3H2;1H. The predicted octanol–water partition coefficient (Wildman–Crippen LogP) is 1.57. The van der Waals surface area contributed by atoms with Crippen molar-refractivity contribution in [2.24, 2.45) is 0 Å². The Morgan fingerprint density at radius 1 is 1.42 bits per heavy atom. The number of aromatic hydroxyl groups is 1. The number of anilines is 1. The van der Waals surface area contributed by atoms with Crippen molar-refractivity contribution in [3.8, 4) is 5.75 Å². The van der Waals surface area contributed by atoms with Crippen LogP contribution >= 0.6 is 12.4 Å². The number of fused-ring (bicyclic) bond motifs is 1. The number of pyridine rings is 1. The Morgan fingerprint density at radius 2 is 2.25 bits per heavy atom. The highest BCUT2D eigenvalue weighted by molar-refractivity contribution is 5.85. The summed E-state index contributed by atoms with van der Waals surface area (Å²) < 4.78 is 0. The van der Waals surface area contributed by atoms with Crippen LogP contribution in [-0.2, 0) is 6.42 Å². The second-order valence-electron chi connectivity index (χ2n) is 2.72. The molecular formula is C8H11ClN2O. The zero-order valence-electron chi connectivity index (χ0n) is 6.58. The molecule has 1 aliphatic heterocycles. The molecule has 12 heavy (non-hydrogen) atoms. The van der Waals surface area contributed by atoms with Gasteiger partial charge < -0.3 is 10.4 Å². The summed E-state index contributed by atoms with van der Waals surface area (Å²) in [5, 5.41) is 12.5. The average Bonchev–Trinajstić information content (AvgIpc) is 2.06. The van der Waals surface area contributed by atoms with Crippen molar-refractivity contribution in [3.63, 3.8) is 0 Å². The summed E-state index contributed by atoms with van der Waals surface area (Å²) in [7, 11) is 0. The molecule has 66 valence electrons. The molecule has 1 aromatic heterocycles. The lowest BCUT2D eigenvalue weighted by Crippen LogP contribution is -2.11. The molecule has 0 atom stereocenters. The Bertz CT molecular complexity index is 278. The normalized spacial score (nSPS) is 14.0. The lowest BCUT2D eigenvalue weighted by atomic mass is 10.1. The van der Waals surface area contributed by atoms with E-state index < -0.39 is 0 Å². The molecule has 0 spiro atoms. The van der Waals surface area contributed by atoms with Crippen LogP contribution in [0.3, 0.4) is 0 Å². The number of nitrogens with zero attached hydrogens (tertiary/aromatic N) is 1. The fraction of sp³-hybridized carbons (Fsp3) is 0.375. The van der Waals surface area contributed by atoms with E-state index in [1.807, 2.05) is 0 Å². The van der Waals surface area contributed by atoms with E-state index in [0.29, 0.717) is 5.75 Å². The third-order valence-corrected chi connectivity index (χ3v) is 1.95. The first kappa shape index (κ1) is 9.13. The van der Waals surface area contributed by atoms with Gasteiger partial charge in [0.2, 0.25) is 0 Å². The van der Waals surface area contributed by atoms with E-state index in [1.54, 1.807) is 6.20 Å². The van der Waals surface area contributed by atoms with Crippen LogP contribution in [0.1, 0.15) is 12.0 Å². The Hall–Kier alpha value is -0.960. The number of hydrogen-bond acceptors (Lipinski definition) is 3. The molecule has 0 aliphatic carbocycles. The number of hydrogen-bond donors (Lipinski definition) is 2. The van der Waals surface area contributed by atoms with Gasteiger partial charge in [0.05, 0.1) is 18.1 Å². The van der Waals surface area contributed by atoms with Crippen LogP contribution in [0, 0.1) is 0 Å². The van der Waals surface area contributed by atoms with Gasteiger partial charge in [-0.05, 0) is 12.8 Å². The summed E-state index contributed by atoms with van der Waals surface area (Å²) in [6.07, 6.45) is 5.29. The molecule has 0 unspecified atom stereocenters. The maximum absolute atomic E-state index is 9.35. The van der Waals surface area contributed by atoms with Gasteiger partial charge in [-0.2, -0.15) is 0 Å². The first-order chi connectivity index (χ1) is 5.38. The van der Waals surface area contributed by atoms with Gasteiger partial charge in [0.1, 0.15) is 5.75 Å². The van der Waals surface area contributed by atoms with Gasteiger partial charge in [0.15, 0.2) is 0 Å². The van der Waals surface area contributed by atoms with Crippen molar-refractivity contribution >= 4 is 18.1 Å². The second kappa shape index (κ2) is 3.63. The van der Waals surface area contributed by atoms with E-state index in [9.17, 15) is 5.11 Å². The molecule has 0 amide bonds. The van der Waals surface area contributed by atoms with Crippen molar-refractivity contribution in [3.05, 3.63) is 18.0 Å². The highest BCUT2D eigenvalue weighted by atomic mass is 35.5. The molecule has 2 N–H and O–H groups in total. The van der Waals surface area contributed by atoms with Gasteiger partial charge in [-0.15, -0.1) is 12.4 Å². The minimum atomic E-state index is 0. The largest absolute Gasteiger partial charge is 0.506 e. The quantitative estimate of drug-likeness (QED) is 0.647. The molecular weight excluding hydrogens is 176 g/mol. The zero-order chi connectivity index (χ0) is 7.68. The van der Waals surface area contributed by atoms with Gasteiger partial charge in [0, 0.05) is 12.1 Å². The highest BCUT2D eigenvalue weighted by Crippen LogP contribution is 2.27.